The first-order valence-corrected chi connectivity index (χ1v) is 8.59. The number of hydrogen-bond acceptors (Lipinski definition) is 1. The summed E-state index contributed by atoms with van der Waals surface area (Å²) < 4.78 is 1.43. The summed E-state index contributed by atoms with van der Waals surface area (Å²) in [5.41, 5.74) is 0. The summed E-state index contributed by atoms with van der Waals surface area (Å²) in [5.74, 6) is 0. The molecule has 0 atom stereocenters. The van der Waals surface area contributed by atoms with Gasteiger partial charge < -0.3 is 9.96 Å². The highest BCUT2D eigenvalue weighted by Crippen LogP contribution is 2.16. The van der Waals surface area contributed by atoms with Crippen LogP contribution in [0.5, 0.6) is 0 Å². The summed E-state index contributed by atoms with van der Waals surface area (Å²) in [6.45, 7) is 15.0. The molecule has 0 aromatic rings. The first kappa shape index (κ1) is 21.2. The van der Waals surface area contributed by atoms with E-state index in [-0.39, 0.29) is 5.48 Å². The summed E-state index contributed by atoms with van der Waals surface area (Å²) in [6.07, 6.45) is 12.5. The van der Waals surface area contributed by atoms with E-state index in [4.69, 9.17) is 0 Å². The fourth-order valence-electron chi connectivity index (χ4n) is 2.85. The van der Waals surface area contributed by atoms with Crippen LogP contribution in [0, 0.1) is 0 Å². The van der Waals surface area contributed by atoms with Crippen molar-refractivity contribution >= 4 is 0 Å². The van der Waals surface area contributed by atoms with E-state index in [0.717, 1.165) is 0 Å². The van der Waals surface area contributed by atoms with Crippen molar-refractivity contribution in [1.29, 1.82) is 0 Å². The minimum Gasteiger partial charge on any atom is -0.870 e. The SMILES string of the molecule is CCCCC[N+](CCCC)(CCCC)CCCC.[OH-]. The van der Waals surface area contributed by atoms with E-state index in [1.165, 1.54) is 88.4 Å². The molecule has 0 aliphatic carbocycles. The van der Waals surface area contributed by atoms with Crippen LogP contribution in [0.25, 0.3) is 0 Å². The third-order valence-corrected chi connectivity index (χ3v) is 4.19. The first-order chi connectivity index (χ1) is 8.74. The molecule has 0 rings (SSSR count). The quantitative estimate of drug-likeness (QED) is 0.334. The molecule has 2 nitrogen and oxygen atoms in total. The van der Waals surface area contributed by atoms with E-state index in [9.17, 15) is 0 Å². The van der Waals surface area contributed by atoms with Crippen LogP contribution < -0.4 is 0 Å². The Hall–Kier alpha value is -0.0800. The Morgan fingerprint density at radius 1 is 0.474 bits per heavy atom. The summed E-state index contributed by atoms with van der Waals surface area (Å²) >= 11 is 0. The van der Waals surface area contributed by atoms with E-state index >= 15 is 0 Å². The number of nitrogens with zero attached hydrogens (tertiary/aromatic N) is 1. The van der Waals surface area contributed by atoms with Gasteiger partial charge >= 0.3 is 0 Å². The average Bonchev–Trinajstić information content (AvgIpc) is 2.40. The predicted octanol–water partition coefficient (Wildman–Crippen LogP) is 5.22. The van der Waals surface area contributed by atoms with Crippen molar-refractivity contribution in [3.05, 3.63) is 0 Å². The van der Waals surface area contributed by atoms with Gasteiger partial charge in [-0.15, -0.1) is 0 Å². The van der Waals surface area contributed by atoms with Gasteiger partial charge in [0.15, 0.2) is 0 Å². The van der Waals surface area contributed by atoms with E-state index < -0.39 is 0 Å². The van der Waals surface area contributed by atoms with Crippen LogP contribution in [-0.2, 0) is 0 Å². The highest BCUT2D eigenvalue weighted by atomic mass is 16.0. The van der Waals surface area contributed by atoms with Gasteiger partial charge in [-0.3, -0.25) is 0 Å². The van der Waals surface area contributed by atoms with Crippen LogP contribution in [0.3, 0.4) is 0 Å². The van der Waals surface area contributed by atoms with Gasteiger partial charge in [-0.2, -0.15) is 0 Å². The van der Waals surface area contributed by atoms with Crippen LogP contribution >= 0.6 is 0 Å². The third kappa shape index (κ3) is 10.4. The molecule has 2 heteroatoms. The normalized spacial score (nSPS) is 11.4. The van der Waals surface area contributed by atoms with Crippen molar-refractivity contribution in [3.8, 4) is 0 Å². The summed E-state index contributed by atoms with van der Waals surface area (Å²) in [7, 11) is 0. The van der Waals surface area contributed by atoms with Crippen molar-refractivity contribution in [1.82, 2.24) is 0 Å². The largest absolute Gasteiger partial charge is 0.870 e. The second kappa shape index (κ2) is 14.3. The first-order valence-electron chi connectivity index (χ1n) is 8.59. The van der Waals surface area contributed by atoms with Gasteiger partial charge in [0.05, 0.1) is 26.2 Å². The molecule has 0 aliphatic heterocycles. The topological polar surface area (TPSA) is 30.0 Å². The number of unbranched alkanes of at least 4 members (excludes halogenated alkanes) is 5. The van der Waals surface area contributed by atoms with Gasteiger partial charge in [-0.05, 0) is 32.1 Å². The lowest BCUT2D eigenvalue weighted by atomic mass is 10.1. The molecule has 0 aromatic carbocycles. The lowest BCUT2D eigenvalue weighted by Gasteiger charge is -2.39. The Labute approximate surface area is 122 Å². The minimum atomic E-state index is 0. The molecule has 0 unspecified atom stereocenters. The maximum Gasteiger partial charge on any atom is 0.0786 e. The molecule has 118 valence electrons. The lowest BCUT2D eigenvalue weighted by Crippen LogP contribution is -2.50. The van der Waals surface area contributed by atoms with E-state index in [2.05, 4.69) is 27.7 Å². The van der Waals surface area contributed by atoms with Crippen LogP contribution in [0.2, 0.25) is 0 Å². The molecule has 0 fully saturated rings. The zero-order valence-corrected chi connectivity index (χ0v) is 14.1. The average molecular weight is 274 g/mol. The smallest absolute Gasteiger partial charge is 0.0786 e. The van der Waals surface area contributed by atoms with Gasteiger partial charge in [0.1, 0.15) is 0 Å². The second-order valence-corrected chi connectivity index (χ2v) is 6.00. The van der Waals surface area contributed by atoms with Gasteiger partial charge in [0.2, 0.25) is 0 Å². The molecular weight excluding hydrogens is 234 g/mol. The zero-order chi connectivity index (χ0) is 13.7. The Kier molecular flexibility index (Phi) is 16.0. The van der Waals surface area contributed by atoms with Gasteiger partial charge in [-0.1, -0.05) is 53.4 Å². The van der Waals surface area contributed by atoms with Crippen molar-refractivity contribution in [2.45, 2.75) is 85.5 Å². The van der Waals surface area contributed by atoms with Crippen LogP contribution in [0.4, 0.5) is 0 Å². The molecule has 0 heterocycles. The molecule has 0 aromatic heterocycles. The fourth-order valence-corrected chi connectivity index (χ4v) is 2.85. The van der Waals surface area contributed by atoms with E-state index in [0.29, 0.717) is 0 Å². The van der Waals surface area contributed by atoms with E-state index in [1.54, 1.807) is 0 Å². The van der Waals surface area contributed by atoms with Crippen molar-refractivity contribution < 1.29 is 9.96 Å². The van der Waals surface area contributed by atoms with E-state index in [1.807, 2.05) is 0 Å². The highest BCUT2D eigenvalue weighted by Gasteiger charge is 2.24. The molecule has 1 N–H and O–H groups in total. The van der Waals surface area contributed by atoms with Crippen molar-refractivity contribution in [2.24, 2.45) is 0 Å². The molecular formula is C17H39NO. The number of rotatable bonds is 13. The van der Waals surface area contributed by atoms with Gasteiger partial charge in [0.25, 0.3) is 0 Å². The molecule has 0 spiro atoms. The Morgan fingerprint density at radius 3 is 1.11 bits per heavy atom. The van der Waals surface area contributed by atoms with Crippen molar-refractivity contribution in [2.75, 3.05) is 26.2 Å². The lowest BCUT2D eigenvalue weighted by molar-refractivity contribution is -0.929. The molecule has 0 amide bonds. The Morgan fingerprint density at radius 2 is 0.789 bits per heavy atom. The van der Waals surface area contributed by atoms with Gasteiger partial charge in [-0.25, -0.2) is 0 Å². The standard InChI is InChI=1S/C17H38N.H2O/c1-5-9-13-17-18(14-10-6-2,15-11-7-3)16-12-8-4;/h5-17H2,1-4H3;1H2/q+1;/p-1. The summed E-state index contributed by atoms with van der Waals surface area (Å²) in [6, 6.07) is 0. The van der Waals surface area contributed by atoms with Crippen LogP contribution in [0.1, 0.15) is 85.5 Å². The van der Waals surface area contributed by atoms with Crippen molar-refractivity contribution in [3.63, 3.8) is 0 Å². The molecule has 0 saturated carbocycles. The predicted molar refractivity (Wildman–Crippen MR) is 85.9 cm³/mol. The summed E-state index contributed by atoms with van der Waals surface area (Å²) in [5, 5.41) is 0. The molecule has 0 saturated heterocycles. The molecule has 0 bridgehead atoms. The third-order valence-electron chi connectivity index (χ3n) is 4.19. The second-order valence-electron chi connectivity index (χ2n) is 6.00. The summed E-state index contributed by atoms with van der Waals surface area (Å²) in [4.78, 5) is 0. The van der Waals surface area contributed by atoms with Gasteiger partial charge in [0, 0.05) is 0 Å². The number of quaternary nitrogens is 1. The van der Waals surface area contributed by atoms with Crippen LogP contribution in [-0.4, -0.2) is 36.1 Å². The fraction of sp³-hybridized carbons (Fsp3) is 1.00. The molecule has 19 heavy (non-hydrogen) atoms. The van der Waals surface area contributed by atoms with Crippen LogP contribution in [0.15, 0.2) is 0 Å². The minimum absolute atomic E-state index is 0. The maximum absolute atomic E-state index is 2.33. The number of hydrogen-bond donors (Lipinski definition) is 0. The monoisotopic (exact) mass is 273 g/mol. The highest BCUT2D eigenvalue weighted by molar-refractivity contribution is 4.50. The molecule has 0 aliphatic rings. The Balaban J connectivity index is 0. The Bertz CT molecular complexity index is 149. The zero-order valence-electron chi connectivity index (χ0n) is 14.1. The maximum atomic E-state index is 2.33. The molecule has 0 radical (unpaired) electrons.